The molecule has 4 rings (SSSR count). The molecule has 138 valence electrons. The Morgan fingerprint density at radius 1 is 1.30 bits per heavy atom. The summed E-state index contributed by atoms with van der Waals surface area (Å²) in [4.78, 5) is 15.3. The largest absolute Gasteiger partial charge is 0.341 e. The van der Waals surface area contributed by atoms with Crippen LogP contribution in [0.4, 0.5) is 11.6 Å². The maximum absolute atomic E-state index is 7.15. The summed E-state index contributed by atoms with van der Waals surface area (Å²) in [5.74, 6) is 0.967. The molecule has 2 aromatic heterocycles. The molecule has 6 heteroatoms. The van der Waals surface area contributed by atoms with Gasteiger partial charge in [0.2, 0.25) is 11.6 Å². The van der Waals surface area contributed by atoms with E-state index in [2.05, 4.69) is 44.4 Å². The van der Waals surface area contributed by atoms with Crippen LogP contribution in [0.3, 0.4) is 0 Å². The Kier molecular flexibility index (Phi) is 4.78. The highest BCUT2D eigenvalue weighted by Gasteiger charge is 2.26. The summed E-state index contributed by atoms with van der Waals surface area (Å²) >= 11 is 0. The van der Waals surface area contributed by atoms with E-state index in [1.54, 1.807) is 6.20 Å². The zero-order valence-corrected chi connectivity index (χ0v) is 15.5. The molecule has 0 bridgehead atoms. The van der Waals surface area contributed by atoms with Gasteiger partial charge in [-0.25, -0.2) is 9.83 Å². The van der Waals surface area contributed by atoms with Crippen molar-refractivity contribution < 1.29 is 0 Å². The Morgan fingerprint density at radius 3 is 2.85 bits per heavy atom. The second-order valence-electron chi connectivity index (χ2n) is 7.10. The highest BCUT2D eigenvalue weighted by Crippen LogP contribution is 2.33. The molecule has 0 aliphatic carbocycles. The van der Waals surface area contributed by atoms with Gasteiger partial charge in [0.05, 0.1) is 29.3 Å². The molecule has 1 aromatic carbocycles. The number of fused-ring (bicyclic) bond motifs is 1. The van der Waals surface area contributed by atoms with Gasteiger partial charge in [0.1, 0.15) is 0 Å². The number of nitrogens with two attached hydrogens (primary N) is 1. The number of imidazole rings is 1. The molecular weight excluding hydrogens is 336 g/mol. The summed E-state index contributed by atoms with van der Waals surface area (Å²) < 4.78 is 2.30. The van der Waals surface area contributed by atoms with Crippen molar-refractivity contribution in [1.82, 2.24) is 14.5 Å². The number of para-hydroxylation sites is 2. The summed E-state index contributed by atoms with van der Waals surface area (Å²) in [5.41, 5.74) is 9.85. The van der Waals surface area contributed by atoms with E-state index in [1.165, 1.54) is 0 Å². The third kappa shape index (κ3) is 3.26. The van der Waals surface area contributed by atoms with Crippen molar-refractivity contribution in [3.05, 3.63) is 59.7 Å². The van der Waals surface area contributed by atoms with E-state index in [0.717, 1.165) is 55.0 Å². The van der Waals surface area contributed by atoms with Crippen LogP contribution >= 0.6 is 0 Å². The van der Waals surface area contributed by atoms with E-state index in [9.17, 15) is 0 Å². The van der Waals surface area contributed by atoms with Crippen molar-refractivity contribution in [2.45, 2.75) is 38.3 Å². The van der Waals surface area contributed by atoms with Gasteiger partial charge < -0.3 is 15.2 Å². The predicted octanol–water partition coefficient (Wildman–Crippen LogP) is 3.91. The summed E-state index contributed by atoms with van der Waals surface area (Å²) in [7, 11) is 0. The number of hydrogen-bond acceptors (Lipinski definition) is 4. The molecule has 1 saturated heterocycles. The number of hydrogen-bond donors (Lipinski definition) is 1. The fourth-order valence-corrected chi connectivity index (χ4v) is 3.94. The van der Waals surface area contributed by atoms with E-state index in [-0.39, 0.29) is 12.1 Å². The normalized spacial score (nSPS) is 18.4. The highest BCUT2D eigenvalue weighted by molar-refractivity contribution is 5.79. The average Bonchev–Trinajstić information content (AvgIpc) is 3.09. The second-order valence-corrected chi connectivity index (χ2v) is 7.10. The SMILES string of the molecule is [C-]#[N+]c1ccc([C@@H](CC)n2c(N3CCC[C@H](N)C3)nc3ccccc32)nc1. The van der Waals surface area contributed by atoms with E-state index < -0.39 is 0 Å². The monoisotopic (exact) mass is 360 g/mol. The van der Waals surface area contributed by atoms with Gasteiger partial charge in [-0.3, -0.25) is 4.98 Å². The van der Waals surface area contributed by atoms with Crippen LogP contribution in [0.2, 0.25) is 0 Å². The van der Waals surface area contributed by atoms with Crippen molar-refractivity contribution in [2.24, 2.45) is 5.73 Å². The summed E-state index contributed by atoms with van der Waals surface area (Å²) in [6.07, 6.45) is 4.69. The fraction of sp³-hybridized carbons (Fsp3) is 0.381. The molecule has 0 radical (unpaired) electrons. The van der Waals surface area contributed by atoms with Gasteiger partial charge in [0.15, 0.2) is 0 Å². The van der Waals surface area contributed by atoms with Gasteiger partial charge >= 0.3 is 0 Å². The second kappa shape index (κ2) is 7.37. The standard InChI is InChI=1S/C21H24N6/c1-3-19(17-11-10-16(23-2)13-24-17)27-20-9-5-4-8-18(20)25-21(27)26-12-6-7-15(22)14-26/h4-5,8-11,13,15,19H,3,6-7,12,14,22H2,1H3/t15-,19+/m0/s1. The fourth-order valence-electron chi connectivity index (χ4n) is 3.94. The van der Waals surface area contributed by atoms with Gasteiger partial charge in [-0.1, -0.05) is 25.1 Å². The van der Waals surface area contributed by atoms with Crippen molar-refractivity contribution in [2.75, 3.05) is 18.0 Å². The Bertz CT molecular complexity index is 968. The number of nitrogens with zero attached hydrogens (tertiary/aromatic N) is 5. The molecular formula is C21H24N6. The molecule has 27 heavy (non-hydrogen) atoms. The third-order valence-corrected chi connectivity index (χ3v) is 5.26. The molecule has 6 nitrogen and oxygen atoms in total. The lowest BCUT2D eigenvalue weighted by molar-refractivity contribution is 0.482. The number of piperidine rings is 1. The first-order valence-electron chi connectivity index (χ1n) is 9.52. The quantitative estimate of drug-likeness (QED) is 0.717. The Labute approximate surface area is 159 Å². The molecule has 1 aliphatic heterocycles. The van der Waals surface area contributed by atoms with Gasteiger partial charge in [-0.2, -0.15) is 0 Å². The zero-order chi connectivity index (χ0) is 18.8. The highest BCUT2D eigenvalue weighted by atomic mass is 15.3. The van der Waals surface area contributed by atoms with Gasteiger partial charge in [0.25, 0.3) is 0 Å². The maximum Gasteiger partial charge on any atom is 0.207 e. The third-order valence-electron chi connectivity index (χ3n) is 5.26. The topological polar surface area (TPSA) is 64.3 Å². The molecule has 1 aliphatic rings. The number of aromatic nitrogens is 3. The smallest absolute Gasteiger partial charge is 0.207 e. The van der Waals surface area contributed by atoms with E-state index in [4.69, 9.17) is 17.3 Å². The number of anilines is 1. The van der Waals surface area contributed by atoms with Gasteiger partial charge in [-0.05, 0) is 37.5 Å². The Balaban J connectivity index is 1.84. The van der Waals surface area contributed by atoms with E-state index in [0.29, 0.717) is 5.69 Å². The molecule has 0 saturated carbocycles. The molecule has 0 unspecified atom stereocenters. The van der Waals surface area contributed by atoms with Crippen molar-refractivity contribution in [1.29, 1.82) is 0 Å². The Hall–Kier alpha value is -2.91. The lowest BCUT2D eigenvalue weighted by atomic mass is 10.1. The maximum atomic E-state index is 7.15. The molecule has 0 amide bonds. The summed E-state index contributed by atoms with van der Waals surface area (Å²) in [6, 6.07) is 12.3. The average molecular weight is 360 g/mol. The lowest BCUT2D eigenvalue weighted by Gasteiger charge is -2.33. The van der Waals surface area contributed by atoms with E-state index in [1.807, 2.05) is 18.2 Å². The van der Waals surface area contributed by atoms with Crippen LogP contribution in [-0.2, 0) is 0 Å². The zero-order valence-electron chi connectivity index (χ0n) is 15.5. The minimum Gasteiger partial charge on any atom is -0.341 e. The number of benzene rings is 1. The molecule has 3 heterocycles. The Morgan fingerprint density at radius 2 is 2.15 bits per heavy atom. The van der Waals surface area contributed by atoms with Crippen LogP contribution in [-0.4, -0.2) is 33.7 Å². The first-order valence-corrected chi connectivity index (χ1v) is 9.52. The summed E-state index contributed by atoms with van der Waals surface area (Å²) in [5, 5.41) is 0. The van der Waals surface area contributed by atoms with E-state index >= 15 is 0 Å². The minimum atomic E-state index is 0.0605. The van der Waals surface area contributed by atoms with Crippen LogP contribution in [0.25, 0.3) is 15.9 Å². The van der Waals surface area contributed by atoms with Crippen molar-refractivity contribution >= 4 is 22.7 Å². The first-order chi connectivity index (χ1) is 13.2. The molecule has 2 atom stereocenters. The molecule has 1 fully saturated rings. The van der Waals surface area contributed by atoms with Gasteiger partial charge in [-0.15, -0.1) is 0 Å². The number of pyridine rings is 1. The molecule has 3 aromatic rings. The molecule has 0 spiro atoms. The number of rotatable bonds is 4. The van der Waals surface area contributed by atoms with Crippen molar-refractivity contribution in [3.8, 4) is 0 Å². The van der Waals surface area contributed by atoms with Crippen LogP contribution < -0.4 is 10.6 Å². The van der Waals surface area contributed by atoms with Crippen LogP contribution in [0.5, 0.6) is 0 Å². The lowest BCUT2D eigenvalue weighted by Crippen LogP contribution is -2.44. The first kappa shape index (κ1) is 17.5. The minimum absolute atomic E-state index is 0.0605. The van der Waals surface area contributed by atoms with Crippen LogP contribution in [0.15, 0.2) is 42.6 Å². The van der Waals surface area contributed by atoms with Crippen molar-refractivity contribution in [3.63, 3.8) is 0 Å². The van der Waals surface area contributed by atoms with Gasteiger partial charge in [0, 0.05) is 25.3 Å². The predicted molar refractivity (Wildman–Crippen MR) is 108 cm³/mol. The van der Waals surface area contributed by atoms with Crippen LogP contribution in [0, 0.1) is 6.57 Å². The molecule has 2 N–H and O–H groups in total. The van der Waals surface area contributed by atoms with Crippen LogP contribution in [0.1, 0.15) is 37.9 Å². The summed E-state index contributed by atoms with van der Waals surface area (Å²) in [6.45, 7) is 11.1.